The third-order valence-corrected chi connectivity index (χ3v) is 2.61. The van der Waals surface area contributed by atoms with Crippen LogP contribution in [0.15, 0.2) is 23.6 Å². The molecule has 1 atom stereocenters. The van der Waals surface area contributed by atoms with Gasteiger partial charge in [-0.25, -0.2) is 0 Å². The summed E-state index contributed by atoms with van der Waals surface area (Å²) in [5, 5.41) is 8.20. The zero-order chi connectivity index (χ0) is 7.72. The maximum atomic E-state index is 10.4. The molecule has 1 N–H and O–H groups in total. The number of aliphatic carboxylic acids is 1. The Morgan fingerprint density at radius 1 is 1.70 bits per heavy atom. The Morgan fingerprint density at radius 2 is 2.30 bits per heavy atom. The van der Waals surface area contributed by atoms with Gasteiger partial charge in [-0.05, 0) is 12.0 Å². The number of hydrogen-bond donors (Lipinski definition) is 1. The van der Waals surface area contributed by atoms with Crippen LogP contribution >= 0.6 is 11.8 Å². The lowest BCUT2D eigenvalue weighted by atomic mass is 10.2. The fraction of sp³-hybridized carbons (Fsp3) is 0.286. The third kappa shape index (κ3) is 1.24. The van der Waals surface area contributed by atoms with E-state index in [-0.39, 0.29) is 5.25 Å². The summed E-state index contributed by atoms with van der Waals surface area (Å²) in [4.78, 5) is 11.2. The topological polar surface area (TPSA) is 37.3 Å². The van der Waals surface area contributed by atoms with Crippen LogP contribution in [0.5, 0.6) is 0 Å². The van der Waals surface area contributed by atoms with Gasteiger partial charge >= 0.3 is 5.97 Å². The molecule has 3 heteroatoms. The number of hydrogen-bond acceptors (Lipinski definition) is 2. The minimum atomic E-state index is -0.773. The number of rotatable bonds is 1. The van der Waals surface area contributed by atoms with Crippen LogP contribution < -0.4 is 0 Å². The van der Waals surface area contributed by atoms with Gasteiger partial charge < -0.3 is 5.11 Å². The summed E-state index contributed by atoms with van der Waals surface area (Å²) in [5.74, 6) is -0.773. The van der Waals surface area contributed by atoms with Crippen molar-refractivity contribution in [1.82, 2.24) is 0 Å². The molecule has 54 valence electrons. The van der Waals surface area contributed by atoms with E-state index in [0.29, 0.717) is 6.42 Å². The van der Waals surface area contributed by atoms with E-state index >= 15 is 0 Å². The molecule has 10 heavy (non-hydrogen) atoms. The Bertz CT molecular complexity index is 192. The summed E-state index contributed by atoms with van der Waals surface area (Å²) >= 11 is 1.29. The standard InChI is InChI=1S/C7H8O2S/c1-4-3-6(7(8)9)10-5(4)2/h6H,1-3H2,(H,8,9). The van der Waals surface area contributed by atoms with Crippen LogP contribution in [0.3, 0.4) is 0 Å². The number of thioether (sulfide) groups is 1. The van der Waals surface area contributed by atoms with Gasteiger partial charge in [0.05, 0.1) is 0 Å². The first-order valence-electron chi connectivity index (χ1n) is 2.88. The predicted molar refractivity (Wildman–Crippen MR) is 41.9 cm³/mol. The van der Waals surface area contributed by atoms with Gasteiger partial charge in [0, 0.05) is 4.91 Å². The van der Waals surface area contributed by atoms with Crippen LogP contribution in [0.4, 0.5) is 0 Å². The summed E-state index contributed by atoms with van der Waals surface area (Å²) in [6.07, 6.45) is 0.541. The Morgan fingerprint density at radius 3 is 2.50 bits per heavy atom. The molecule has 0 saturated carbocycles. The minimum absolute atomic E-state index is 0.347. The van der Waals surface area contributed by atoms with Crippen molar-refractivity contribution < 1.29 is 9.90 Å². The van der Waals surface area contributed by atoms with Crippen LogP contribution in [-0.4, -0.2) is 16.3 Å². The highest BCUT2D eigenvalue weighted by Gasteiger charge is 2.27. The maximum absolute atomic E-state index is 10.4. The van der Waals surface area contributed by atoms with Gasteiger partial charge in [-0.2, -0.15) is 0 Å². The van der Waals surface area contributed by atoms with Gasteiger partial charge in [-0.3, -0.25) is 4.79 Å². The summed E-state index contributed by atoms with van der Waals surface area (Å²) in [6, 6.07) is 0. The molecular formula is C7H8O2S. The van der Waals surface area contributed by atoms with Crippen LogP contribution in [-0.2, 0) is 4.79 Å². The highest BCUT2D eigenvalue weighted by atomic mass is 32.2. The molecular weight excluding hydrogens is 148 g/mol. The molecule has 1 aliphatic heterocycles. The van der Waals surface area contributed by atoms with Crippen molar-refractivity contribution >= 4 is 17.7 Å². The second-order valence-electron chi connectivity index (χ2n) is 2.18. The average Bonchev–Trinajstić information content (AvgIpc) is 2.13. The zero-order valence-corrected chi connectivity index (χ0v) is 6.28. The first kappa shape index (κ1) is 7.41. The molecule has 0 spiro atoms. The molecule has 1 unspecified atom stereocenters. The number of carboxylic acid groups (broad SMARTS) is 1. The highest BCUT2D eigenvalue weighted by molar-refractivity contribution is 8.04. The summed E-state index contributed by atoms with van der Waals surface area (Å²) in [7, 11) is 0. The largest absolute Gasteiger partial charge is 0.480 e. The summed E-state index contributed by atoms with van der Waals surface area (Å²) < 4.78 is 0. The van der Waals surface area contributed by atoms with E-state index in [4.69, 9.17) is 5.11 Å². The van der Waals surface area contributed by atoms with Gasteiger partial charge in [0.1, 0.15) is 5.25 Å². The normalized spacial score (nSPS) is 25.4. The third-order valence-electron chi connectivity index (χ3n) is 1.39. The lowest BCUT2D eigenvalue weighted by molar-refractivity contribution is -0.136. The van der Waals surface area contributed by atoms with Crippen LogP contribution in [0.1, 0.15) is 6.42 Å². The van der Waals surface area contributed by atoms with Crippen LogP contribution in [0.25, 0.3) is 0 Å². The van der Waals surface area contributed by atoms with Crippen LogP contribution in [0.2, 0.25) is 0 Å². The maximum Gasteiger partial charge on any atom is 0.317 e. The molecule has 0 aromatic carbocycles. The van der Waals surface area contributed by atoms with Gasteiger partial charge in [0.2, 0.25) is 0 Å². The fourth-order valence-corrected chi connectivity index (χ4v) is 1.75. The van der Waals surface area contributed by atoms with Gasteiger partial charge in [-0.15, -0.1) is 11.8 Å². The second kappa shape index (κ2) is 2.50. The van der Waals surface area contributed by atoms with E-state index in [1.165, 1.54) is 11.8 Å². The van der Waals surface area contributed by atoms with Crippen molar-refractivity contribution in [2.24, 2.45) is 0 Å². The SMILES string of the molecule is C=C1CC(C(=O)O)SC1=C. The van der Waals surface area contributed by atoms with Crippen molar-refractivity contribution in [3.05, 3.63) is 23.6 Å². The van der Waals surface area contributed by atoms with Gasteiger partial charge in [-0.1, -0.05) is 13.2 Å². The van der Waals surface area contributed by atoms with E-state index in [0.717, 1.165) is 10.5 Å². The number of allylic oxidation sites excluding steroid dienone is 1. The molecule has 0 aromatic rings. The Labute approximate surface area is 63.6 Å². The Kier molecular flexibility index (Phi) is 1.85. The van der Waals surface area contributed by atoms with Gasteiger partial charge in [0.25, 0.3) is 0 Å². The van der Waals surface area contributed by atoms with E-state index < -0.39 is 5.97 Å². The van der Waals surface area contributed by atoms with Crippen molar-refractivity contribution in [2.75, 3.05) is 0 Å². The molecule has 0 amide bonds. The number of carbonyl (C=O) groups is 1. The summed E-state index contributed by atoms with van der Waals surface area (Å²) in [6.45, 7) is 7.35. The Balaban J connectivity index is 2.66. The van der Waals surface area contributed by atoms with E-state index in [2.05, 4.69) is 13.2 Å². The van der Waals surface area contributed by atoms with Crippen molar-refractivity contribution in [1.29, 1.82) is 0 Å². The molecule has 1 aliphatic rings. The molecule has 0 bridgehead atoms. The first-order chi connectivity index (χ1) is 4.61. The van der Waals surface area contributed by atoms with Crippen LogP contribution in [0, 0.1) is 0 Å². The number of carboxylic acids is 1. The van der Waals surface area contributed by atoms with Crippen molar-refractivity contribution in [2.45, 2.75) is 11.7 Å². The zero-order valence-electron chi connectivity index (χ0n) is 5.46. The molecule has 1 rings (SSSR count). The van der Waals surface area contributed by atoms with E-state index in [1.807, 2.05) is 0 Å². The van der Waals surface area contributed by atoms with Crippen molar-refractivity contribution in [3.63, 3.8) is 0 Å². The molecule has 0 aromatic heterocycles. The monoisotopic (exact) mass is 156 g/mol. The predicted octanol–water partition coefficient (Wildman–Crippen LogP) is 1.65. The smallest absolute Gasteiger partial charge is 0.317 e. The quantitative estimate of drug-likeness (QED) is 0.627. The molecule has 0 aliphatic carbocycles. The minimum Gasteiger partial charge on any atom is -0.480 e. The van der Waals surface area contributed by atoms with E-state index in [9.17, 15) is 4.79 Å². The molecule has 2 nitrogen and oxygen atoms in total. The van der Waals surface area contributed by atoms with E-state index in [1.54, 1.807) is 0 Å². The lowest BCUT2D eigenvalue weighted by Gasteiger charge is -1.96. The molecule has 1 saturated heterocycles. The Hall–Kier alpha value is -0.700. The molecule has 1 fully saturated rings. The molecule has 0 radical (unpaired) electrons. The highest BCUT2D eigenvalue weighted by Crippen LogP contribution is 2.39. The summed E-state index contributed by atoms with van der Waals surface area (Å²) in [5.41, 5.74) is 0.859. The second-order valence-corrected chi connectivity index (χ2v) is 3.47. The van der Waals surface area contributed by atoms with Crippen molar-refractivity contribution in [3.8, 4) is 0 Å². The first-order valence-corrected chi connectivity index (χ1v) is 3.75. The molecule has 1 heterocycles. The van der Waals surface area contributed by atoms with Gasteiger partial charge in [0.15, 0.2) is 0 Å². The fourth-order valence-electron chi connectivity index (χ4n) is 0.772. The average molecular weight is 156 g/mol. The lowest BCUT2D eigenvalue weighted by Crippen LogP contribution is -2.11.